The van der Waals surface area contributed by atoms with Crippen molar-refractivity contribution in [1.29, 1.82) is 0 Å². The van der Waals surface area contributed by atoms with Crippen LogP contribution in [0.5, 0.6) is 0 Å². The second-order valence-electron chi connectivity index (χ2n) is 8.92. The van der Waals surface area contributed by atoms with Crippen LogP contribution in [0.4, 0.5) is 11.5 Å². The molecule has 32 heavy (non-hydrogen) atoms. The Bertz CT molecular complexity index is 1230. The molecule has 4 rings (SSSR count). The SMILES string of the molecule is Cc1cnc(N(C(=O)C#CC2CCS(=O)(=O)CC2)c2cc(C)c(I)cc2C2CC2)c(C)c1. The zero-order chi connectivity index (χ0) is 23.0. The van der Waals surface area contributed by atoms with Crippen molar-refractivity contribution in [3.8, 4) is 11.8 Å². The van der Waals surface area contributed by atoms with E-state index in [0.717, 1.165) is 35.2 Å². The van der Waals surface area contributed by atoms with Crippen molar-refractivity contribution in [2.45, 2.75) is 52.4 Å². The quantitative estimate of drug-likeness (QED) is 0.391. The maximum absolute atomic E-state index is 13.5. The predicted molar refractivity (Wildman–Crippen MR) is 136 cm³/mol. The number of aryl methyl sites for hydroxylation is 3. The Balaban J connectivity index is 1.76. The summed E-state index contributed by atoms with van der Waals surface area (Å²) in [5.74, 6) is 6.86. The van der Waals surface area contributed by atoms with Crippen molar-refractivity contribution >= 4 is 49.8 Å². The largest absolute Gasteiger partial charge is 0.308 e. The number of rotatable bonds is 3. The van der Waals surface area contributed by atoms with E-state index in [1.165, 1.54) is 9.13 Å². The highest BCUT2D eigenvalue weighted by molar-refractivity contribution is 14.1. The second kappa shape index (κ2) is 9.14. The fourth-order valence-corrected chi connectivity index (χ4v) is 6.10. The Labute approximate surface area is 204 Å². The molecule has 168 valence electrons. The first kappa shape index (κ1) is 23.2. The van der Waals surface area contributed by atoms with E-state index in [9.17, 15) is 13.2 Å². The molecule has 0 atom stereocenters. The van der Waals surface area contributed by atoms with E-state index in [4.69, 9.17) is 0 Å². The molecule has 2 heterocycles. The van der Waals surface area contributed by atoms with Crippen molar-refractivity contribution in [3.05, 3.63) is 50.2 Å². The van der Waals surface area contributed by atoms with E-state index >= 15 is 0 Å². The fourth-order valence-electron chi connectivity index (χ4n) is 4.11. The second-order valence-corrected chi connectivity index (χ2v) is 12.4. The first-order valence-corrected chi connectivity index (χ1v) is 13.8. The summed E-state index contributed by atoms with van der Waals surface area (Å²) in [5.41, 5.74) is 5.09. The normalized spacial score (nSPS) is 18.0. The smallest absolute Gasteiger partial charge is 0.258 e. The van der Waals surface area contributed by atoms with E-state index in [2.05, 4.69) is 51.5 Å². The number of carbonyl (C=O) groups is 1. The van der Waals surface area contributed by atoms with Gasteiger partial charge in [-0.1, -0.05) is 12.0 Å². The van der Waals surface area contributed by atoms with Crippen molar-refractivity contribution < 1.29 is 13.2 Å². The monoisotopic (exact) mass is 562 g/mol. The maximum Gasteiger partial charge on any atom is 0.308 e. The molecule has 0 spiro atoms. The number of amides is 1. The number of carbonyl (C=O) groups excluding carboxylic acids is 1. The molecular weight excluding hydrogens is 535 g/mol. The van der Waals surface area contributed by atoms with Gasteiger partial charge in [0.25, 0.3) is 0 Å². The molecule has 2 fully saturated rings. The average molecular weight is 562 g/mol. The molecule has 0 unspecified atom stereocenters. The minimum absolute atomic E-state index is 0.0715. The van der Waals surface area contributed by atoms with E-state index in [0.29, 0.717) is 24.6 Å². The third kappa shape index (κ3) is 5.18. The highest BCUT2D eigenvalue weighted by Gasteiger charge is 2.32. The van der Waals surface area contributed by atoms with Gasteiger partial charge < -0.3 is 0 Å². The highest BCUT2D eigenvalue weighted by atomic mass is 127. The highest BCUT2D eigenvalue weighted by Crippen LogP contribution is 2.47. The first-order chi connectivity index (χ1) is 15.1. The third-order valence-corrected chi connectivity index (χ3v) is 8.98. The third-order valence-electron chi connectivity index (χ3n) is 6.11. The van der Waals surface area contributed by atoms with Gasteiger partial charge in [0, 0.05) is 15.7 Å². The van der Waals surface area contributed by atoms with Crippen LogP contribution in [0, 0.1) is 42.1 Å². The molecule has 1 saturated heterocycles. The molecule has 2 aliphatic rings. The van der Waals surface area contributed by atoms with E-state index in [1.807, 2.05) is 26.8 Å². The molecule has 1 saturated carbocycles. The minimum Gasteiger partial charge on any atom is -0.258 e. The summed E-state index contributed by atoms with van der Waals surface area (Å²) in [6.45, 7) is 6.00. The number of anilines is 2. The van der Waals surface area contributed by atoms with E-state index in [-0.39, 0.29) is 23.3 Å². The number of halogens is 1. The van der Waals surface area contributed by atoms with E-state index in [1.54, 1.807) is 11.1 Å². The summed E-state index contributed by atoms with van der Waals surface area (Å²) in [6.07, 6.45) is 4.99. The number of nitrogens with zero attached hydrogens (tertiary/aromatic N) is 2. The van der Waals surface area contributed by atoms with Gasteiger partial charge in [0.2, 0.25) is 0 Å². The predicted octanol–water partition coefficient (Wildman–Crippen LogP) is 4.98. The molecule has 0 radical (unpaired) electrons. The summed E-state index contributed by atoms with van der Waals surface area (Å²) < 4.78 is 24.6. The molecule has 0 bridgehead atoms. The molecule has 1 amide bonds. The number of sulfone groups is 1. The summed E-state index contributed by atoms with van der Waals surface area (Å²) in [5, 5.41) is 0. The van der Waals surface area contributed by atoms with Gasteiger partial charge in [-0.15, -0.1) is 0 Å². The standard InChI is InChI=1S/C25H27IN2O3S/c1-16-12-18(3)25(27-15-16)28(23-13-17(2)22(26)14-21(23)20-5-6-20)24(29)7-4-19-8-10-32(30,31)11-9-19/h12-15,19-20H,5-6,8-11H2,1-3H3. The lowest BCUT2D eigenvalue weighted by atomic mass is 10.0. The van der Waals surface area contributed by atoms with Gasteiger partial charge in [-0.3, -0.25) is 9.69 Å². The Morgan fingerprint density at radius 1 is 1.06 bits per heavy atom. The van der Waals surface area contributed by atoms with E-state index < -0.39 is 9.84 Å². The van der Waals surface area contributed by atoms with Crippen LogP contribution in [0.15, 0.2) is 24.4 Å². The zero-order valence-corrected chi connectivity index (χ0v) is 21.6. The van der Waals surface area contributed by atoms with Crippen LogP contribution < -0.4 is 4.90 Å². The molecule has 1 aromatic carbocycles. The number of aromatic nitrogens is 1. The average Bonchev–Trinajstić information content (AvgIpc) is 3.56. The number of hydrogen-bond acceptors (Lipinski definition) is 4. The van der Waals surface area contributed by atoms with Crippen LogP contribution in [0.25, 0.3) is 0 Å². The Hall–Kier alpha value is -1.92. The van der Waals surface area contributed by atoms with Gasteiger partial charge >= 0.3 is 5.91 Å². The topological polar surface area (TPSA) is 67.3 Å². The molecular formula is C25H27IN2O3S. The lowest BCUT2D eigenvalue weighted by Crippen LogP contribution is -2.28. The first-order valence-electron chi connectivity index (χ1n) is 10.9. The number of benzene rings is 1. The van der Waals surface area contributed by atoms with Crippen LogP contribution in [-0.2, 0) is 14.6 Å². The Morgan fingerprint density at radius 2 is 1.75 bits per heavy atom. The van der Waals surface area contributed by atoms with Gasteiger partial charge in [0.1, 0.15) is 15.7 Å². The summed E-state index contributed by atoms with van der Waals surface area (Å²) in [4.78, 5) is 19.8. The zero-order valence-electron chi connectivity index (χ0n) is 18.6. The minimum atomic E-state index is -2.96. The molecule has 2 aromatic rings. The van der Waals surface area contributed by atoms with Gasteiger partial charge in [0.15, 0.2) is 0 Å². The van der Waals surface area contributed by atoms with Gasteiger partial charge in [0.05, 0.1) is 17.2 Å². The number of hydrogen-bond donors (Lipinski definition) is 0. The fraction of sp³-hybridized carbons (Fsp3) is 0.440. The lowest BCUT2D eigenvalue weighted by Gasteiger charge is -2.25. The molecule has 1 aliphatic carbocycles. The Morgan fingerprint density at radius 3 is 2.38 bits per heavy atom. The maximum atomic E-state index is 13.5. The molecule has 7 heteroatoms. The van der Waals surface area contributed by atoms with Gasteiger partial charge in [-0.25, -0.2) is 13.4 Å². The van der Waals surface area contributed by atoms with Gasteiger partial charge in [-0.2, -0.15) is 0 Å². The van der Waals surface area contributed by atoms with Crippen LogP contribution in [0.2, 0.25) is 0 Å². The van der Waals surface area contributed by atoms with Crippen LogP contribution >= 0.6 is 22.6 Å². The summed E-state index contributed by atoms with van der Waals surface area (Å²) in [7, 11) is -2.96. The molecule has 1 aromatic heterocycles. The van der Waals surface area contributed by atoms with Gasteiger partial charge in [-0.05, 0) is 115 Å². The molecule has 1 aliphatic heterocycles. The summed E-state index contributed by atoms with van der Waals surface area (Å²) in [6, 6.07) is 6.29. The molecule has 5 nitrogen and oxygen atoms in total. The number of pyridine rings is 1. The van der Waals surface area contributed by atoms with Crippen LogP contribution in [0.3, 0.4) is 0 Å². The van der Waals surface area contributed by atoms with Crippen molar-refractivity contribution in [3.63, 3.8) is 0 Å². The van der Waals surface area contributed by atoms with Crippen molar-refractivity contribution in [2.75, 3.05) is 16.4 Å². The summed E-state index contributed by atoms with van der Waals surface area (Å²) >= 11 is 2.35. The van der Waals surface area contributed by atoms with Crippen molar-refractivity contribution in [2.24, 2.45) is 5.92 Å². The van der Waals surface area contributed by atoms with Crippen LogP contribution in [0.1, 0.15) is 53.9 Å². The lowest BCUT2D eigenvalue weighted by molar-refractivity contribution is -0.112. The Kier molecular flexibility index (Phi) is 6.64. The molecule has 0 N–H and O–H groups in total. The van der Waals surface area contributed by atoms with Crippen molar-refractivity contribution in [1.82, 2.24) is 4.98 Å². The van der Waals surface area contributed by atoms with Crippen LogP contribution in [-0.4, -0.2) is 30.8 Å².